The first-order chi connectivity index (χ1) is 11.2. The Balaban J connectivity index is 1.85. The van der Waals surface area contributed by atoms with E-state index in [4.69, 9.17) is 4.74 Å². The van der Waals surface area contributed by atoms with E-state index in [-0.39, 0.29) is 11.9 Å². The zero-order valence-electron chi connectivity index (χ0n) is 13.6. The molecule has 0 spiro atoms. The Bertz CT molecular complexity index is 617. The lowest BCUT2D eigenvalue weighted by Crippen LogP contribution is -2.40. The second-order valence-electron chi connectivity index (χ2n) is 5.24. The number of hydrogen-bond donors (Lipinski definition) is 2. The summed E-state index contributed by atoms with van der Waals surface area (Å²) in [6.07, 6.45) is 5.04. The van der Waals surface area contributed by atoms with E-state index < -0.39 is 0 Å². The smallest absolute Gasteiger partial charge is 0.242 e. The molecule has 0 radical (unpaired) electrons. The summed E-state index contributed by atoms with van der Waals surface area (Å²) in [5, 5.41) is 6.22. The standard InChI is InChI=1S/C18H23N3O2/c1-3-17(21-15-7-4-8-16(12-15)23-2)18(22)20-11-9-14-6-5-10-19-13-14/h4-8,10,12-13,17,21H,3,9,11H2,1-2H3,(H,20,22). The van der Waals surface area contributed by atoms with Crippen molar-refractivity contribution in [1.82, 2.24) is 10.3 Å². The van der Waals surface area contributed by atoms with Crippen LogP contribution in [0.4, 0.5) is 5.69 Å². The highest BCUT2D eigenvalue weighted by Crippen LogP contribution is 2.18. The fraction of sp³-hybridized carbons (Fsp3) is 0.333. The molecule has 0 aliphatic heterocycles. The molecule has 1 atom stereocenters. The maximum Gasteiger partial charge on any atom is 0.242 e. The summed E-state index contributed by atoms with van der Waals surface area (Å²) in [5.74, 6) is 0.765. The number of rotatable bonds is 8. The summed E-state index contributed by atoms with van der Waals surface area (Å²) in [4.78, 5) is 16.4. The summed E-state index contributed by atoms with van der Waals surface area (Å²) in [5.41, 5.74) is 1.99. The highest BCUT2D eigenvalue weighted by Gasteiger charge is 2.15. The molecule has 1 aromatic carbocycles. The molecule has 0 aliphatic rings. The van der Waals surface area contributed by atoms with Gasteiger partial charge in [0.15, 0.2) is 0 Å². The van der Waals surface area contributed by atoms with E-state index in [1.54, 1.807) is 13.3 Å². The van der Waals surface area contributed by atoms with Gasteiger partial charge >= 0.3 is 0 Å². The van der Waals surface area contributed by atoms with Crippen LogP contribution >= 0.6 is 0 Å². The van der Waals surface area contributed by atoms with Crippen LogP contribution in [0.5, 0.6) is 5.75 Å². The quantitative estimate of drug-likeness (QED) is 0.786. The van der Waals surface area contributed by atoms with Gasteiger partial charge in [0.2, 0.25) is 5.91 Å². The lowest BCUT2D eigenvalue weighted by molar-refractivity contribution is -0.121. The third-order valence-electron chi connectivity index (χ3n) is 3.57. The average Bonchev–Trinajstić information content (AvgIpc) is 2.60. The largest absolute Gasteiger partial charge is 0.497 e. The number of anilines is 1. The maximum absolute atomic E-state index is 12.3. The molecule has 2 rings (SSSR count). The molecule has 0 saturated heterocycles. The summed E-state index contributed by atoms with van der Waals surface area (Å²) < 4.78 is 5.20. The second kappa shape index (κ2) is 8.78. The lowest BCUT2D eigenvalue weighted by atomic mass is 10.1. The molecule has 1 aromatic heterocycles. The Morgan fingerprint density at radius 3 is 2.87 bits per heavy atom. The second-order valence-corrected chi connectivity index (χ2v) is 5.24. The maximum atomic E-state index is 12.3. The number of carbonyl (C=O) groups is 1. The number of carbonyl (C=O) groups excluding carboxylic acids is 1. The fourth-order valence-electron chi connectivity index (χ4n) is 2.27. The van der Waals surface area contributed by atoms with Gasteiger partial charge in [-0.1, -0.05) is 19.1 Å². The van der Waals surface area contributed by atoms with Gasteiger partial charge in [-0.05, 0) is 36.6 Å². The number of nitrogens with zero attached hydrogens (tertiary/aromatic N) is 1. The van der Waals surface area contributed by atoms with Crippen molar-refractivity contribution in [3.8, 4) is 5.75 Å². The van der Waals surface area contributed by atoms with E-state index >= 15 is 0 Å². The first-order valence-corrected chi connectivity index (χ1v) is 7.80. The van der Waals surface area contributed by atoms with Gasteiger partial charge < -0.3 is 15.4 Å². The van der Waals surface area contributed by atoms with E-state index in [0.29, 0.717) is 13.0 Å². The van der Waals surface area contributed by atoms with Gasteiger partial charge in [-0.15, -0.1) is 0 Å². The minimum absolute atomic E-state index is 0.000731. The minimum atomic E-state index is -0.268. The number of aromatic nitrogens is 1. The van der Waals surface area contributed by atoms with Crippen molar-refractivity contribution in [2.75, 3.05) is 19.0 Å². The van der Waals surface area contributed by atoms with Crippen molar-refractivity contribution < 1.29 is 9.53 Å². The number of nitrogens with one attached hydrogen (secondary N) is 2. The van der Waals surface area contributed by atoms with E-state index in [0.717, 1.165) is 23.4 Å². The van der Waals surface area contributed by atoms with Crippen LogP contribution < -0.4 is 15.4 Å². The van der Waals surface area contributed by atoms with Crippen molar-refractivity contribution >= 4 is 11.6 Å². The molecule has 122 valence electrons. The average molecular weight is 313 g/mol. The van der Waals surface area contributed by atoms with Gasteiger partial charge in [-0.2, -0.15) is 0 Å². The van der Waals surface area contributed by atoms with Crippen LogP contribution in [0.25, 0.3) is 0 Å². The monoisotopic (exact) mass is 313 g/mol. The van der Waals surface area contributed by atoms with Crippen LogP contribution in [0.15, 0.2) is 48.8 Å². The highest BCUT2D eigenvalue weighted by molar-refractivity contribution is 5.84. The van der Waals surface area contributed by atoms with E-state index in [9.17, 15) is 4.79 Å². The Morgan fingerprint density at radius 1 is 1.30 bits per heavy atom. The third-order valence-corrected chi connectivity index (χ3v) is 3.57. The highest BCUT2D eigenvalue weighted by atomic mass is 16.5. The zero-order chi connectivity index (χ0) is 16.5. The summed E-state index contributed by atoms with van der Waals surface area (Å²) in [7, 11) is 1.63. The van der Waals surface area contributed by atoms with Gasteiger partial charge in [0.25, 0.3) is 0 Å². The van der Waals surface area contributed by atoms with E-state index in [1.165, 1.54) is 0 Å². The molecule has 1 unspecified atom stereocenters. The molecular formula is C18H23N3O2. The van der Waals surface area contributed by atoms with Crippen LogP contribution in [-0.2, 0) is 11.2 Å². The lowest BCUT2D eigenvalue weighted by Gasteiger charge is -2.18. The van der Waals surface area contributed by atoms with Gasteiger partial charge in [-0.3, -0.25) is 9.78 Å². The first kappa shape index (κ1) is 16.8. The van der Waals surface area contributed by atoms with Crippen molar-refractivity contribution in [3.63, 3.8) is 0 Å². The topological polar surface area (TPSA) is 63.2 Å². The van der Waals surface area contributed by atoms with Crippen molar-refractivity contribution in [2.24, 2.45) is 0 Å². The Hall–Kier alpha value is -2.56. The van der Waals surface area contributed by atoms with Crippen molar-refractivity contribution in [1.29, 1.82) is 0 Å². The molecule has 0 aliphatic carbocycles. The van der Waals surface area contributed by atoms with Crippen LogP contribution in [0, 0.1) is 0 Å². The number of hydrogen-bond acceptors (Lipinski definition) is 4. The van der Waals surface area contributed by atoms with Crippen LogP contribution in [0.1, 0.15) is 18.9 Å². The first-order valence-electron chi connectivity index (χ1n) is 7.80. The molecule has 1 amide bonds. The van der Waals surface area contributed by atoms with Gasteiger partial charge in [0, 0.05) is 30.7 Å². The Kier molecular flexibility index (Phi) is 6.41. The third kappa shape index (κ3) is 5.29. The molecule has 0 saturated carbocycles. The van der Waals surface area contributed by atoms with Crippen LogP contribution in [0.3, 0.4) is 0 Å². The molecule has 5 nitrogen and oxygen atoms in total. The van der Waals surface area contributed by atoms with E-state index in [2.05, 4.69) is 15.6 Å². The summed E-state index contributed by atoms with van der Waals surface area (Å²) >= 11 is 0. The van der Waals surface area contributed by atoms with Gasteiger partial charge in [0.05, 0.1) is 7.11 Å². The molecular weight excluding hydrogens is 290 g/mol. The number of ether oxygens (including phenoxy) is 1. The molecule has 0 bridgehead atoms. The van der Waals surface area contributed by atoms with Crippen molar-refractivity contribution in [2.45, 2.75) is 25.8 Å². The molecule has 1 heterocycles. The SMILES string of the molecule is CCC(Nc1cccc(OC)c1)C(=O)NCCc1cccnc1. The fourth-order valence-corrected chi connectivity index (χ4v) is 2.27. The molecule has 2 aromatic rings. The number of amides is 1. The number of pyridine rings is 1. The van der Waals surface area contributed by atoms with Crippen molar-refractivity contribution in [3.05, 3.63) is 54.4 Å². The van der Waals surface area contributed by atoms with Crippen LogP contribution in [-0.4, -0.2) is 30.6 Å². The Morgan fingerprint density at radius 2 is 2.17 bits per heavy atom. The predicted octanol–water partition coefficient (Wildman–Crippen LogP) is 2.64. The molecule has 5 heteroatoms. The molecule has 0 fully saturated rings. The Labute approximate surface area is 137 Å². The summed E-state index contributed by atoms with van der Waals surface area (Å²) in [6.45, 7) is 2.58. The molecule has 23 heavy (non-hydrogen) atoms. The predicted molar refractivity (Wildman–Crippen MR) is 91.6 cm³/mol. The van der Waals surface area contributed by atoms with Crippen LogP contribution in [0.2, 0.25) is 0 Å². The summed E-state index contributed by atoms with van der Waals surface area (Å²) in [6, 6.07) is 11.2. The molecule has 2 N–H and O–H groups in total. The van der Waals surface area contributed by atoms with Gasteiger partial charge in [0.1, 0.15) is 11.8 Å². The zero-order valence-corrected chi connectivity index (χ0v) is 13.6. The normalized spacial score (nSPS) is 11.6. The number of methoxy groups -OCH3 is 1. The van der Waals surface area contributed by atoms with Gasteiger partial charge in [-0.25, -0.2) is 0 Å². The number of benzene rings is 1. The van der Waals surface area contributed by atoms with E-state index in [1.807, 2.05) is 49.5 Å². The minimum Gasteiger partial charge on any atom is -0.497 e.